The molecule has 0 radical (unpaired) electrons. The molecule has 0 saturated carbocycles. The van der Waals surface area contributed by atoms with Crippen molar-refractivity contribution >= 4 is 18.0 Å². The van der Waals surface area contributed by atoms with Crippen molar-refractivity contribution in [2.75, 3.05) is 7.11 Å². The molecule has 20 heavy (non-hydrogen) atoms. The average Bonchev–Trinajstić information content (AvgIpc) is 2.33. The van der Waals surface area contributed by atoms with Gasteiger partial charge in [-0.05, 0) is 44.5 Å². The van der Waals surface area contributed by atoms with Crippen LogP contribution in [0.5, 0.6) is 0 Å². The van der Waals surface area contributed by atoms with Crippen molar-refractivity contribution in [1.29, 1.82) is 0 Å². The van der Waals surface area contributed by atoms with Crippen LogP contribution in [0.3, 0.4) is 0 Å². The van der Waals surface area contributed by atoms with Gasteiger partial charge >= 0.3 is 11.9 Å². The molecule has 0 heterocycles. The van der Waals surface area contributed by atoms with Crippen LogP contribution in [0.2, 0.25) is 0 Å². The molecule has 0 aromatic heterocycles. The van der Waals surface area contributed by atoms with E-state index in [4.69, 9.17) is 4.74 Å². The minimum atomic E-state index is -0.745. The van der Waals surface area contributed by atoms with Crippen LogP contribution < -0.4 is 0 Å². The Balaban J connectivity index is 2.82. The zero-order chi connectivity index (χ0) is 15.3. The van der Waals surface area contributed by atoms with Gasteiger partial charge in [-0.2, -0.15) is 0 Å². The van der Waals surface area contributed by atoms with Crippen molar-refractivity contribution < 1.29 is 23.5 Å². The van der Waals surface area contributed by atoms with Gasteiger partial charge in [0.1, 0.15) is 11.4 Å². The van der Waals surface area contributed by atoms with Crippen molar-refractivity contribution in [3.05, 3.63) is 41.2 Å². The number of benzene rings is 1. The van der Waals surface area contributed by atoms with Gasteiger partial charge in [0, 0.05) is 6.08 Å². The van der Waals surface area contributed by atoms with Gasteiger partial charge in [0.05, 0.1) is 12.7 Å². The Morgan fingerprint density at radius 2 is 1.90 bits per heavy atom. The Bertz CT molecular complexity index is 541. The maximum Gasteiger partial charge on any atom is 0.340 e. The number of methoxy groups -OCH3 is 1. The first-order valence-corrected chi connectivity index (χ1v) is 6.02. The molecule has 0 amide bonds. The summed E-state index contributed by atoms with van der Waals surface area (Å²) in [6, 6.07) is 3.96. The van der Waals surface area contributed by atoms with Crippen LogP contribution in [0.4, 0.5) is 4.39 Å². The predicted octanol–water partition coefficient (Wildman–Crippen LogP) is 2.97. The first kappa shape index (κ1) is 15.9. The standard InChI is InChI=1S/C15H17FO4/c1-15(2,3)20-13(17)8-6-10-5-7-11(12(16)9-10)14(18)19-4/h5-9H,1-4H3. The van der Waals surface area contributed by atoms with Gasteiger partial charge in [-0.15, -0.1) is 0 Å². The third-order valence-electron chi connectivity index (χ3n) is 2.22. The van der Waals surface area contributed by atoms with Crippen molar-refractivity contribution in [2.45, 2.75) is 26.4 Å². The molecular weight excluding hydrogens is 263 g/mol. The molecule has 0 spiro atoms. The number of rotatable bonds is 3. The van der Waals surface area contributed by atoms with E-state index in [2.05, 4.69) is 4.74 Å². The highest BCUT2D eigenvalue weighted by molar-refractivity contribution is 5.90. The molecule has 0 aliphatic heterocycles. The van der Waals surface area contributed by atoms with Crippen LogP contribution in [0.25, 0.3) is 6.08 Å². The highest BCUT2D eigenvalue weighted by Gasteiger charge is 2.14. The number of hydrogen-bond donors (Lipinski definition) is 0. The highest BCUT2D eigenvalue weighted by atomic mass is 19.1. The van der Waals surface area contributed by atoms with Crippen LogP contribution in [-0.4, -0.2) is 24.6 Å². The van der Waals surface area contributed by atoms with Crippen LogP contribution in [0, 0.1) is 5.82 Å². The molecule has 1 rings (SSSR count). The highest BCUT2D eigenvalue weighted by Crippen LogP contribution is 2.13. The number of hydrogen-bond acceptors (Lipinski definition) is 4. The summed E-state index contributed by atoms with van der Waals surface area (Å²) >= 11 is 0. The quantitative estimate of drug-likeness (QED) is 0.631. The lowest BCUT2D eigenvalue weighted by atomic mass is 10.1. The Morgan fingerprint density at radius 1 is 1.25 bits per heavy atom. The molecule has 1 aromatic rings. The summed E-state index contributed by atoms with van der Waals surface area (Å²) in [5.41, 5.74) is -0.288. The number of esters is 2. The minimum absolute atomic E-state index is 0.151. The third kappa shape index (κ3) is 4.84. The second kappa shape index (κ2) is 6.32. The van der Waals surface area contributed by atoms with E-state index in [9.17, 15) is 14.0 Å². The fourth-order valence-electron chi connectivity index (χ4n) is 1.41. The fourth-order valence-corrected chi connectivity index (χ4v) is 1.41. The van der Waals surface area contributed by atoms with Gasteiger partial charge in [-0.1, -0.05) is 6.07 Å². The molecule has 0 saturated heterocycles. The topological polar surface area (TPSA) is 52.6 Å². The molecule has 0 fully saturated rings. The zero-order valence-corrected chi connectivity index (χ0v) is 11.9. The number of ether oxygens (including phenoxy) is 2. The molecule has 0 N–H and O–H groups in total. The summed E-state index contributed by atoms with van der Waals surface area (Å²) in [4.78, 5) is 22.7. The normalized spacial score (nSPS) is 11.4. The molecule has 0 bridgehead atoms. The van der Waals surface area contributed by atoms with E-state index >= 15 is 0 Å². The Morgan fingerprint density at radius 3 is 2.40 bits per heavy atom. The second-order valence-electron chi connectivity index (χ2n) is 5.10. The summed E-state index contributed by atoms with van der Waals surface area (Å²) < 4.78 is 23.1. The van der Waals surface area contributed by atoms with E-state index in [-0.39, 0.29) is 5.56 Å². The van der Waals surface area contributed by atoms with Gasteiger partial charge in [0.15, 0.2) is 0 Å². The van der Waals surface area contributed by atoms with Crippen LogP contribution in [-0.2, 0) is 14.3 Å². The van der Waals surface area contributed by atoms with Crippen molar-refractivity contribution in [3.63, 3.8) is 0 Å². The van der Waals surface area contributed by atoms with Gasteiger partial charge in [-0.3, -0.25) is 0 Å². The molecule has 0 aliphatic rings. The van der Waals surface area contributed by atoms with Crippen molar-refractivity contribution in [2.24, 2.45) is 0 Å². The summed E-state index contributed by atoms with van der Waals surface area (Å²) in [5, 5.41) is 0. The molecule has 4 nitrogen and oxygen atoms in total. The zero-order valence-electron chi connectivity index (χ0n) is 11.9. The Hall–Kier alpha value is -2.17. The average molecular weight is 280 g/mol. The molecule has 5 heteroatoms. The van der Waals surface area contributed by atoms with Crippen LogP contribution in [0.15, 0.2) is 24.3 Å². The van der Waals surface area contributed by atoms with E-state index < -0.39 is 23.4 Å². The molecule has 0 unspecified atom stereocenters. The largest absolute Gasteiger partial charge is 0.465 e. The maximum absolute atomic E-state index is 13.6. The van der Waals surface area contributed by atoms with Gasteiger partial charge < -0.3 is 9.47 Å². The SMILES string of the molecule is COC(=O)c1ccc(C=CC(=O)OC(C)(C)C)cc1F. The molecule has 0 atom stereocenters. The lowest BCUT2D eigenvalue weighted by Crippen LogP contribution is -2.22. The van der Waals surface area contributed by atoms with E-state index in [0.717, 1.165) is 6.07 Å². The van der Waals surface area contributed by atoms with Gasteiger partial charge in [0.25, 0.3) is 0 Å². The van der Waals surface area contributed by atoms with Gasteiger partial charge in [0.2, 0.25) is 0 Å². The molecule has 1 aromatic carbocycles. The van der Waals surface area contributed by atoms with Crippen molar-refractivity contribution in [3.8, 4) is 0 Å². The second-order valence-corrected chi connectivity index (χ2v) is 5.10. The lowest BCUT2D eigenvalue weighted by Gasteiger charge is -2.17. The first-order valence-electron chi connectivity index (χ1n) is 6.02. The maximum atomic E-state index is 13.6. The van der Waals surface area contributed by atoms with E-state index in [1.54, 1.807) is 20.8 Å². The van der Waals surface area contributed by atoms with Gasteiger partial charge in [-0.25, -0.2) is 14.0 Å². The minimum Gasteiger partial charge on any atom is -0.465 e. The first-order chi connectivity index (χ1) is 9.23. The summed E-state index contributed by atoms with van der Waals surface area (Å²) in [7, 11) is 1.18. The number of carbonyl (C=O) groups is 2. The smallest absolute Gasteiger partial charge is 0.340 e. The summed E-state index contributed by atoms with van der Waals surface area (Å²) in [6.07, 6.45) is 2.62. The lowest BCUT2D eigenvalue weighted by molar-refractivity contribution is -0.148. The van der Waals surface area contributed by atoms with Crippen LogP contribution >= 0.6 is 0 Å². The number of halogens is 1. The van der Waals surface area contributed by atoms with E-state index in [1.165, 1.54) is 31.4 Å². The third-order valence-corrected chi connectivity index (χ3v) is 2.22. The molecular formula is C15H17FO4. The molecule has 0 aliphatic carbocycles. The monoisotopic (exact) mass is 280 g/mol. The van der Waals surface area contributed by atoms with Crippen LogP contribution in [0.1, 0.15) is 36.7 Å². The van der Waals surface area contributed by atoms with Crippen molar-refractivity contribution in [1.82, 2.24) is 0 Å². The van der Waals surface area contributed by atoms with E-state index in [1.807, 2.05) is 0 Å². The Labute approximate surface area is 117 Å². The van der Waals surface area contributed by atoms with E-state index in [0.29, 0.717) is 5.56 Å². The predicted molar refractivity (Wildman–Crippen MR) is 72.6 cm³/mol. The fraction of sp³-hybridized carbons (Fsp3) is 0.333. The molecule has 108 valence electrons. The summed E-state index contributed by atoms with van der Waals surface area (Å²) in [5.74, 6) is -1.97. The number of carbonyl (C=O) groups excluding carboxylic acids is 2. The summed E-state index contributed by atoms with van der Waals surface area (Å²) in [6.45, 7) is 5.26. The Kier molecular flexibility index (Phi) is 5.02.